The molecule has 0 fully saturated rings. The molecule has 0 amide bonds. The lowest BCUT2D eigenvalue weighted by atomic mass is 10.3. The van der Waals surface area contributed by atoms with E-state index in [-0.39, 0.29) is 11.7 Å². The Morgan fingerprint density at radius 1 is 1.35 bits per heavy atom. The molecule has 0 spiro atoms. The molecule has 20 heavy (non-hydrogen) atoms. The van der Waals surface area contributed by atoms with Gasteiger partial charge in [0.25, 0.3) is 0 Å². The first-order valence-corrected chi connectivity index (χ1v) is 6.11. The third kappa shape index (κ3) is 1.94. The van der Waals surface area contributed by atoms with Crippen LogP contribution in [0.4, 0.5) is 10.3 Å². The predicted octanol–water partition coefficient (Wildman–Crippen LogP) is 2.80. The standard InChI is InChI=1S/C13H10ClFN4O/c1-20-11-5-8(2-3-9(11)15)19-12-10(18-13(19)16)4-7(14)6-17-12/h2-6H,1H3,(H2,16,18). The fraction of sp³-hybridized carbons (Fsp3) is 0.0769. The zero-order valence-electron chi connectivity index (χ0n) is 10.5. The van der Waals surface area contributed by atoms with Gasteiger partial charge in [0.15, 0.2) is 17.2 Å². The summed E-state index contributed by atoms with van der Waals surface area (Å²) in [4.78, 5) is 8.40. The number of nitrogens with zero attached hydrogens (tertiary/aromatic N) is 3. The number of methoxy groups -OCH3 is 1. The number of imidazole rings is 1. The van der Waals surface area contributed by atoms with Gasteiger partial charge in [0.1, 0.15) is 5.52 Å². The van der Waals surface area contributed by atoms with Crippen molar-refractivity contribution in [3.63, 3.8) is 0 Å². The first kappa shape index (κ1) is 12.7. The number of pyridine rings is 1. The molecule has 5 nitrogen and oxygen atoms in total. The summed E-state index contributed by atoms with van der Waals surface area (Å²) in [6, 6.07) is 6.07. The van der Waals surface area contributed by atoms with Crippen molar-refractivity contribution in [2.45, 2.75) is 0 Å². The Kier molecular flexibility index (Phi) is 2.94. The average Bonchev–Trinajstić information content (AvgIpc) is 2.74. The maximum Gasteiger partial charge on any atom is 0.207 e. The van der Waals surface area contributed by atoms with E-state index in [1.807, 2.05) is 0 Å². The second-order valence-electron chi connectivity index (χ2n) is 4.12. The Morgan fingerprint density at radius 3 is 2.90 bits per heavy atom. The number of aromatic nitrogens is 3. The number of hydrogen-bond donors (Lipinski definition) is 1. The lowest BCUT2D eigenvalue weighted by Gasteiger charge is -2.08. The zero-order valence-corrected chi connectivity index (χ0v) is 11.2. The van der Waals surface area contributed by atoms with Gasteiger partial charge in [0.05, 0.1) is 17.8 Å². The van der Waals surface area contributed by atoms with Gasteiger partial charge in [-0.05, 0) is 18.2 Å². The van der Waals surface area contributed by atoms with Crippen molar-refractivity contribution in [1.29, 1.82) is 0 Å². The zero-order chi connectivity index (χ0) is 14.3. The van der Waals surface area contributed by atoms with Crippen LogP contribution in [0.25, 0.3) is 16.9 Å². The number of nitrogen functional groups attached to an aromatic ring is 1. The van der Waals surface area contributed by atoms with E-state index in [0.717, 1.165) is 0 Å². The Labute approximate surface area is 118 Å². The van der Waals surface area contributed by atoms with Crippen LogP contribution in [0.5, 0.6) is 5.75 Å². The predicted molar refractivity (Wildman–Crippen MR) is 74.8 cm³/mol. The molecule has 0 aliphatic carbocycles. The van der Waals surface area contributed by atoms with E-state index in [2.05, 4.69) is 9.97 Å². The van der Waals surface area contributed by atoms with Gasteiger partial charge in [0.2, 0.25) is 5.95 Å². The number of anilines is 1. The van der Waals surface area contributed by atoms with Crippen LogP contribution in [0.15, 0.2) is 30.5 Å². The smallest absolute Gasteiger partial charge is 0.207 e. The van der Waals surface area contributed by atoms with Gasteiger partial charge in [-0.15, -0.1) is 0 Å². The van der Waals surface area contributed by atoms with Crippen LogP contribution in [0.2, 0.25) is 5.02 Å². The molecule has 0 aliphatic heterocycles. The highest BCUT2D eigenvalue weighted by atomic mass is 35.5. The minimum absolute atomic E-state index is 0.123. The number of halogens is 2. The Morgan fingerprint density at radius 2 is 2.15 bits per heavy atom. The van der Waals surface area contributed by atoms with Crippen LogP contribution in [0, 0.1) is 5.82 Å². The molecule has 2 heterocycles. The summed E-state index contributed by atoms with van der Waals surface area (Å²) in [6.45, 7) is 0. The highest BCUT2D eigenvalue weighted by Crippen LogP contribution is 2.27. The van der Waals surface area contributed by atoms with Gasteiger partial charge < -0.3 is 10.5 Å². The molecule has 0 aliphatic rings. The van der Waals surface area contributed by atoms with Crippen molar-refractivity contribution < 1.29 is 9.13 Å². The van der Waals surface area contributed by atoms with Crippen LogP contribution in [0.3, 0.4) is 0 Å². The molecule has 0 atom stereocenters. The Bertz CT molecular complexity index is 802. The number of hydrogen-bond acceptors (Lipinski definition) is 4. The van der Waals surface area contributed by atoms with Crippen LogP contribution in [0.1, 0.15) is 0 Å². The highest BCUT2D eigenvalue weighted by molar-refractivity contribution is 6.31. The molecule has 0 saturated carbocycles. The third-order valence-corrected chi connectivity index (χ3v) is 3.09. The SMILES string of the molecule is COc1cc(-n2c(N)nc3cc(Cl)cnc32)ccc1F. The van der Waals surface area contributed by atoms with Crippen molar-refractivity contribution in [3.05, 3.63) is 41.3 Å². The second kappa shape index (κ2) is 4.64. The number of benzene rings is 1. The summed E-state index contributed by atoms with van der Waals surface area (Å²) in [5.74, 6) is -0.0867. The summed E-state index contributed by atoms with van der Waals surface area (Å²) < 4.78 is 20.0. The molecular formula is C13H10ClFN4O. The largest absolute Gasteiger partial charge is 0.494 e. The molecular weight excluding hydrogens is 283 g/mol. The van der Waals surface area contributed by atoms with Gasteiger partial charge >= 0.3 is 0 Å². The maximum atomic E-state index is 13.5. The fourth-order valence-corrected chi connectivity index (χ4v) is 2.15. The van der Waals surface area contributed by atoms with Gasteiger partial charge in [-0.2, -0.15) is 0 Å². The molecule has 7 heteroatoms. The van der Waals surface area contributed by atoms with Crippen molar-refractivity contribution in [2.24, 2.45) is 0 Å². The highest BCUT2D eigenvalue weighted by Gasteiger charge is 2.13. The fourth-order valence-electron chi connectivity index (χ4n) is 2.00. The monoisotopic (exact) mass is 292 g/mol. The van der Waals surface area contributed by atoms with Crippen LogP contribution < -0.4 is 10.5 Å². The maximum absolute atomic E-state index is 13.5. The molecule has 3 aromatic rings. The topological polar surface area (TPSA) is 66.0 Å². The summed E-state index contributed by atoms with van der Waals surface area (Å²) in [6.07, 6.45) is 1.50. The van der Waals surface area contributed by atoms with Crippen molar-refractivity contribution in [3.8, 4) is 11.4 Å². The first-order valence-electron chi connectivity index (χ1n) is 5.73. The van der Waals surface area contributed by atoms with Crippen molar-refractivity contribution in [2.75, 3.05) is 12.8 Å². The Hall–Kier alpha value is -2.34. The lowest BCUT2D eigenvalue weighted by molar-refractivity contribution is 0.386. The number of fused-ring (bicyclic) bond motifs is 1. The summed E-state index contributed by atoms with van der Waals surface area (Å²) in [7, 11) is 1.40. The van der Waals surface area contributed by atoms with Gasteiger partial charge in [-0.1, -0.05) is 11.6 Å². The molecule has 2 aromatic heterocycles. The van der Waals surface area contributed by atoms with Crippen LogP contribution >= 0.6 is 11.6 Å². The first-order chi connectivity index (χ1) is 9.60. The molecule has 102 valence electrons. The quantitative estimate of drug-likeness (QED) is 0.789. The number of ether oxygens (including phenoxy) is 1. The summed E-state index contributed by atoms with van der Waals surface area (Å²) in [5.41, 5.74) is 7.62. The van der Waals surface area contributed by atoms with Gasteiger partial charge in [0, 0.05) is 12.3 Å². The molecule has 1 aromatic carbocycles. The van der Waals surface area contributed by atoms with E-state index in [4.69, 9.17) is 22.1 Å². The molecule has 0 bridgehead atoms. The molecule has 0 unspecified atom stereocenters. The van der Waals surface area contributed by atoms with Crippen molar-refractivity contribution >= 4 is 28.7 Å². The summed E-state index contributed by atoms with van der Waals surface area (Å²) in [5, 5.41) is 0.471. The Balaban J connectivity index is 2.26. The second-order valence-corrected chi connectivity index (χ2v) is 4.56. The van der Waals surface area contributed by atoms with Gasteiger partial charge in [-0.25, -0.2) is 14.4 Å². The van der Waals surface area contributed by atoms with E-state index < -0.39 is 5.82 Å². The van der Waals surface area contributed by atoms with Crippen LogP contribution in [-0.4, -0.2) is 21.6 Å². The number of nitrogens with two attached hydrogens (primary N) is 1. The summed E-state index contributed by atoms with van der Waals surface area (Å²) >= 11 is 5.87. The molecule has 3 rings (SSSR count). The molecule has 2 N–H and O–H groups in total. The third-order valence-electron chi connectivity index (χ3n) is 2.88. The molecule has 0 saturated heterocycles. The average molecular weight is 293 g/mol. The van der Waals surface area contributed by atoms with E-state index in [0.29, 0.717) is 21.9 Å². The number of rotatable bonds is 2. The van der Waals surface area contributed by atoms with Gasteiger partial charge in [-0.3, -0.25) is 4.57 Å². The van der Waals surface area contributed by atoms with Crippen LogP contribution in [-0.2, 0) is 0 Å². The van der Waals surface area contributed by atoms with E-state index in [9.17, 15) is 4.39 Å². The van der Waals surface area contributed by atoms with E-state index >= 15 is 0 Å². The van der Waals surface area contributed by atoms with Crippen molar-refractivity contribution in [1.82, 2.24) is 14.5 Å². The lowest BCUT2D eigenvalue weighted by Crippen LogP contribution is -2.02. The van der Waals surface area contributed by atoms with E-state index in [1.165, 1.54) is 25.4 Å². The minimum atomic E-state index is -0.449. The minimum Gasteiger partial charge on any atom is -0.494 e. The molecule has 0 radical (unpaired) electrons. The van der Waals surface area contributed by atoms with E-state index in [1.54, 1.807) is 16.7 Å². The normalized spacial score (nSPS) is 10.9.